The number of halogens is 1. The number of aryl methyl sites for hydroxylation is 3. The molecule has 0 amide bonds. The topological polar surface area (TPSA) is 66.5 Å². The molecule has 0 aliphatic carbocycles. The fourth-order valence-electron chi connectivity index (χ4n) is 1.73. The van der Waals surface area contributed by atoms with Crippen LogP contribution in [0, 0.1) is 19.7 Å². The lowest BCUT2D eigenvalue weighted by atomic mass is 10.2. The lowest BCUT2D eigenvalue weighted by Gasteiger charge is -2.08. The lowest BCUT2D eigenvalue weighted by Crippen LogP contribution is -2.09. The van der Waals surface area contributed by atoms with Crippen molar-refractivity contribution < 1.29 is 4.39 Å². The Morgan fingerprint density at radius 2 is 2.17 bits per heavy atom. The number of nitrogens with one attached hydrogen (secondary N) is 2. The van der Waals surface area contributed by atoms with Crippen molar-refractivity contribution in [2.45, 2.75) is 26.7 Å². The zero-order valence-electron chi connectivity index (χ0n) is 10.5. The normalized spacial score (nSPS) is 10.6. The molecule has 0 bridgehead atoms. The molecule has 2 aromatic heterocycles. The van der Waals surface area contributed by atoms with Gasteiger partial charge in [0, 0.05) is 12.7 Å². The van der Waals surface area contributed by atoms with Gasteiger partial charge in [0.2, 0.25) is 0 Å². The molecule has 2 heterocycles. The molecule has 5 nitrogen and oxygen atoms in total. The van der Waals surface area contributed by atoms with Gasteiger partial charge < -0.3 is 5.32 Å². The van der Waals surface area contributed by atoms with Gasteiger partial charge in [-0.3, -0.25) is 5.10 Å². The van der Waals surface area contributed by atoms with Gasteiger partial charge in [0.25, 0.3) is 0 Å². The Morgan fingerprint density at radius 1 is 1.33 bits per heavy atom. The standard InChI is InChI=1S/C12H16FN5/c1-8-11(13)12(18-9(2)17-8)14-5-3-4-10-6-15-16-7-10/h6-7H,3-5H2,1-2H3,(H,15,16)(H,14,17,18). The second-order valence-electron chi connectivity index (χ2n) is 4.16. The van der Waals surface area contributed by atoms with E-state index in [1.165, 1.54) is 0 Å². The number of rotatable bonds is 5. The summed E-state index contributed by atoms with van der Waals surface area (Å²) in [5.74, 6) is 0.488. The third kappa shape index (κ3) is 3.03. The first-order chi connectivity index (χ1) is 8.66. The van der Waals surface area contributed by atoms with Crippen LogP contribution in [-0.4, -0.2) is 26.7 Å². The van der Waals surface area contributed by atoms with E-state index in [1.54, 1.807) is 20.0 Å². The monoisotopic (exact) mass is 249 g/mol. The van der Waals surface area contributed by atoms with E-state index in [9.17, 15) is 4.39 Å². The Labute approximate surface area is 105 Å². The van der Waals surface area contributed by atoms with Crippen LogP contribution in [0.15, 0.2) is 12.4 Å². The molecule has 0 saturated carbocycles. The van der Waals surface area contributed by atoms with E-state index in [2.05, 4.69) is 25.5 Å². The number of nitrogens with zero attached hydrogens (tertiary/aromatic N) is 3. The number of aromatic amines is 1. The summed E-state index contributed by atoms with van der Waals surface area (Å²) in [5.41, 5.74) is 1.52. The van der Waals surface area contributed by atoms with Crippen molar-refractivity contribution in [1.29, 1.82) is 0 Å². The summed E-state index contributed by atoms with van der Waals surface area (Å²) < 4.78 is 13.7. The highest BCUT2D eigenvalue weighted by molar-refractivity contribution is 5.37. The molecular weight excluding hydrogens is 233 g/mol. The second-order valence-corrected chi connectivity index (χ2v) is 4.16. The molecule has 0 radical (unpaired) electrons. The van der Waals surface area contributed by atoms with Gasteiger partial charge in [-0.05, 0) is 32.3 Å². The number of H-pyrrole nitrogens is 1. The molecule has 96 valence electrons. The number of hydrogen-bond donors (Lipinski definition) is 2. The van der Waals surface area contributed by atoms with Gasteiger partial charge in [-0.2, -0.15) is 5.10 Å². The summed E-state index contributed by atoms with van der Waals surface area (Å²) in [6.07, 6.45) is 5.44. The minimum Gasteiger partial charge on any atom is -0.368 e. The highest BCUT2D eigenvalue weighted by Crippen LogP contribution is 2.13. The van der Waals surface area contributed by atoms with E-state index in [0.29, 0.717) is 18.1 Å². The number of hydrogen-bond acceptors (Lipinski definition) is 4. The molecule has 2 aromatic rings. The minimum atomic E-state index is -0.371. The smallest absolute Gasteiger partial charge is 0.186 e. The van der Waals surface area contributed by atoms with Crippen molar-refractivity contribution in [3.05, 3.63) is 35.3 Å². The zero-order chi connectivity index (χ0) is 13.0. The second kappa shape index (κ2) is 5.57. The van der Waals surface area contributed by atoms with Crippen molar-refractivity contribution in [3.63, 3.8) is 0 Å². The van der Waals surface area contributed by atoms with Gasteiger partial charge in [-0.15, -0.1) is 0 Å². The average Bonchev–Trinajstić information content (AvgIpc) is 2.83. The van der Waals surface area contributed by atoms with Gasteiger partial charge in [0.1, 0.15) is 5.82 Å². The summed E-state index contributed by atoms with van der Waals surface area (Å²) >= 11 is 0. The molecule has 0 saturated heterocycles. The molecule has 2 rings (SSSR count). The van der Waals surface area contributed by atoms with Crippen molar-refractivity contribution in [3.8, 4) is 0 Å². The molecule has 0 aliphatic rings. The van der Waals surface area contributed by atoms with E-state index in [4.69, 9.17) is 0 Å². The molecule has 0 unspecified atom stereocenters. The van der Waals surface area contributed by atoms with Crippen LogP contribution in [0.4, 0.5) is 10.2 Å². The van der Waals surface area contributed by atoms with Gasteiger partial charge >= 0.3 is 0 Å². The van der Waals surface area contributed by atoms with Crippen molar-refractivity contribution >= 4 is 5.82 Å². The molecule has 6 heteroatoms. The van der Waals surface area contributed by atoms with Crippen LogP contribution in [0.2, 0.25) is 0 Å². The van der Waals surface area contributed by atoms with Gasteiger partial charge in [0.05, 0.1) is 11.9 Å². The van der Waals surface area contributed by atoms with Crippen molar-refractivity contribution in [1.82, 2.24) is 20.2 Å². The Bertz CT molecular complexity index is 509. The molecule has 0 aliphatic heterocycles. The minimum absolute atomic E-state index is 0.284. The molecule has 2 N–H and O–H groups in total. The fourth-order valence-corrected chi connectivity index (χ4v) is 1.73. The van der Waals surface area contributed by atoms with Crippen LogP contribution in [-0.2, 0) is 6.42 Å². The Balaban J connectivity index is 1.86. The van der Waals surface area contributed by atoms with Gasteiger partial charge in [-0.1, -0.05) is 0 Å². The van der Waals surface area contributed by atoms with Gasteiger partial charge in [-0.25, -0.2) is 14.4 Å². The van der Waals surface area contributed by atoms with Crippen LogP contribution < -0.4 is 5.32 Å². The fraction of sp³-hybridized carbons (Fsp3) is 0.417. The third-order valence-electron chi connectivity index (χ3n) is 2.62. The molecule has 0 aromatic carbocycles. The highest BCUT2D eigenvalue weighted by Gasteiger charge is 2.08. The first-order valence-electron chi connectivity index (χ1n) is 5.89. The van der Waals surface area contributed by atoms with Crippen LogP contribution >= 0.6 is 0 Å². The summed E-state index contributed by atoms with van der Waals surface area (Å²) in [6.45, 7) is 4.06. The summed E-state index contributed by atoms with van der Waals surface area (Å²) in [6, 6.07) is 0. The molecule has 0 fully saturated rings. The van der Waals surface area contributed by atoms with Crippen LogP contribution in [0.1, 0.15) is 23.5 Å². The first kappa shape index (κ1) is 12.5. The quantitative estimate of drug-likeness (QED) is 0.795. The zero-order valence-corrected chi connectivity index (χ0v) is 10.5. The average molecular weight is 249 g/mol. The molecule has 18 heavy (non-hydrogen) atoms. The Kier molecular flexibility index (Phi) is 3.86. The van der Waals surface area contributed by atoms with Crippen LogP contribution in [0.5, 0.6) is 0 Å². The lowest BCUT2D eigenvalue weighted by molar-refractivity contribution is 0.601. The molecule has 0 spiro atoms. The van der Waals surface area contributed by atoms with Crippen LogP contribution in [0.25, 0.3) is 0 Å². The maximum absolute atomic E-state index is 13.7. The third-order valence-corrected chi connectivity index (χ3v) is 2.62. The highest BCUT2D eigenvalue weighted by atomic mass is 19.1. The summed E-state index contributed by atoms with van der Waals surface area (Å²) in [7, 11) is 0. The Hall–Kier alpha value is -1.98. The van der Waals surface area contributed by atoms with E-state index in [-0.39, 0.29) is 11.6 Å². The SMILES string of the molecule is Cc1nc(C)c(F)c(NCCCc2cn[nH]c2)n1. The largest absolute Gasteiger partial charge is 0.368 e. The summed E-state index contributed by atoms with van der Waals surface area (Å²) in [4.78, 5) is 8.02. The van der Waals surface area contributed by atoms with E-state index in [0.717, 1.165) is 18.4 Å². The maximum atomic E-state index is 13.7. The number of anilines is 1. The predicted molar refractivity (Wildman–Crippen MR) is 66.9 cm³/mol. The molecule has 0 atom stereocenters. The van der Waals surface area contributed by atoms with Crippen molar-refractivity contribution in [2.75, 3.05) is 11.9 Å². The van der Waals surface area contributed by atoms with Crippen molar-refractivity contribution in [2.24, 2.45) is 0 Å². The maximum Gasteiger partial charge on any atom is 0.186 e. The predicted octanol–water partition coefficient (Wildman–Crippen LogP) is 2.00. The first-order valence-corrected chi connectivity index (χ1v) is 5.89. The summed E-state index contributed by atoms with van der Waals surface area (Å²) in [5, 5.41) is 9.63. The van der Waals surface area contributed by atoms with Crippen LogP contribution in [0.3, 0.4) is 0 Å². The van der Waals surface area contributed by atoms with E-state index in [1.807, 2.05) is 6.20 Å². The number of aromatic nitrogens is 4. The Morgan fingerprint density at radius 3 is 2.89 bits per heavy atom. The molecular formula is C12H16FN5. The van der Waals surface area contributed by atoms with E-state index >= 15 is 0 Å². The van der Waals surface area contributed by atoms with E-state index < -0.39 is 0 Å². The van der Waals surface area contributed by atoms with Gasteiger partial charge in [0.15, 0.2) is 11.6 Å².